The second-order valence-corrected chi connectivity index (χ2v) is 6.76. The third-order valence-corrected chi connectivity index (χ3v) is 5.21. The van der Waals surface area contributed by atoms with Crippen molar-refractivity contribution in [3.05, 3.63) is 16.4 Å². The number of hydrogen-bond donors (Lipinski definition) is 1. The zero-order valence-electron chi connectivity index (χ0n) is 13.8. The molecule has 21 heavy (non-hydrogen) atoms. The maximum absolute atomic E-state index is 6.51. The molecule has 0 saturated heterocycles. The van der Waals surface area contributed by atoms with Crippen molar-refractivity contribution in [1.82, 2.24) is 15.1 Å². The Morgan fingerprint density at radius 2 is 2.00 bits per heavy atom. The Balaban J connectivity index is 2.03. The minimum Gasteiger partial charge on any atom is -0.314 e. The fourth-order valence-corrected chi connectivity index (χ4v) is 4.00. The summed E-state index contributed by atoms with van der Waals surface area (Å²) in [4.78, 5) is 0. The van der Waals surface area contributed by atoms with Crippen LogP contribution in [0.2, 0.25) is 5.02 Å². The molecular formula is C17H30ClN3. The summed E-state index contributed by atoms with van der Waals surface area (Å²) in [6, 6.07) is 0.524. The zero-order valence-corrected chi connectivity index (χ0v) is 14.5. The van der Waals surface area contributed by atoms with Crippen LogP contribution in [-0.4, -0.2) is 22.4 Å². The van der Waals surface area contributed by atoms with Gasteiger partial charge in [-0.05, 0) is 25.3 Å². The van der Waals surface area contributed by atoms with Crippen molar-refractivity contribution in [1.29, 1.82) is 0 Å². The van der Waals surface area contributed by atoms with Crippen LogP contribution in [0.1, 0.15) is 63.8 Å². The first kappa shape index (κ1) is 16.8. The Morgan fingerprint density at radius 3 is 2.57 bits per heavy atom. The van der Waals surface area contributed by atoms with Gasteiger partial charge in [-0.2, -0.15) is 5.10 Å². The highest BCUT2D eigenvalue weighted by atomic mass is 35.5. The maximum atomic E-state index is 6.51. The number of likely N-dealkylation sites (N-methyl/N-ethyl adjacent to an activating group) is 1. The third kappa shape index (κ3) is 4.46. The van der Waals surface area contributed by atoms with Gasteiger partial charge < -0.3 is 5.32 Å². The van der Waals surface area contributed by atoms with Gasteiger partial charge in [0.2, 0.25) is 0 Å². The molecule has 1 heterocycles. The van der Waals surface area contributed by atoms with Gasteiger partial charge in [0, 0.05) is 19.5 Å². The number of hydrogen-bond acceptors (Lipinski definition) is 2. The second-order valence-electron chi connectivity index (χ2n) is 6.38. The molecule has 1 atom stereocenters. The quantitative estimate of drug-likeness (QED) is 0.820. The SMILES string of the molecule is CCNC(Cc1c(Cl)c(CC)nn1C)CC1CCCCC1. The average Bonchev–Trinajstić information content (AvgIpc) is 2.76. The number of aryl methyl sites for hydroxylation is 2. The highest BCUT2D eigenvalue weighted by Gasteiger charge is 2.22. The number of rotatable bonds is 7. The van der Waals surface area contributed by atoms with Gasteiger partial charge in [-0.1, -0.05) is 57.6 Å². The molecule has 0 amide bonds. The molecule has 1 N–H and O–H groups in total. The molecule has 1 aliphatic rings. The van der Waals surface area contributed by atoms with Gasteiger partial charge in [-0.15, -0.1) is 0 Å². The van der Waals surface area contributed by atoms with Crippen LogP contribution in [0, 0.1) is 5.92 Å². The summed E-state index contributed by atoms with van der Waals surface area (Å²) in [6.45, 7) is 5.32. The van der Waals surface area contributed by atoms with Gasteiger partial charge in [-0.3, -0.25) is 4.68 Å². The van der Waals surface area contributed by atoms with Crippen molar-refractivity contribution in [2.45, 2.75) is 71.3 Å². The summed E-state index contributed by atoms with van der Waals surface area (Å²) in [6.07, 6.45) is 10.2. The number of nitrogens with zero attached hydrogens (tertiary/aromatic N) is 2. The van der Waals surface area contributed by atoms with Gasteiger partial charge >= 0.3 is 0 Å². The molecule has 0 aromatic carbocycles. The molecule has 0 aliphatic heterocycles. The molecule has 3 nitrogen and oxygen atoms in total. The van der Waals surface area contributed by atoms with Crippen LogP contribution in [0.3, 0.4) is 0 Å². The van der Waals surface area contributed by atoms with Crippen LogP contribution in [-0.2, 0) is 19.9 Å². The van der Waals surface area contributed by atoms with Crippen molar-refractivity contribution in [2.24, 2.45) is 13.0 Å². The van der Waals surface area contributed by atoms with E-state index in [4.69, 9.17) is 11.6 Å². The molecule has 1 saturated carbocycles. The van der Waals surface area contributed by atoms with E-state index in [1.165, 1.54) is 44.2 Å². The number of nitrogens with one attached hydrogen (secondary N) is 1. The van der Waals surface area contributed by atoms with Crippen molar-refractivity contribution in [2.75, 3.05) is 6.54 Å². The van der Waals surface area contributed by atoms with Crippen molar-refractivity contribution < 1.29 is 0 Å². The Labute approximate surface area is 134 Å². The highest BCUT2D eigenvalue weighted by Crippen LogP contribution is 2.29. The van der Waals surface area contributed by atoms with Crippen LogP contribution < -0.4 is 5.32 Å². The first-order valence-corrected chi connectivity index (χ1v) is 8.97. The lowest BCUT2D eigenvalue weighted by molar-refractivity contribution is 0.296. The minimum atomic E-state index is 0.524. The lowest BCUT2D eigenvalue weighted by Gasteiger charge is -2.27. The van der Waals surface area contributed by atoms with E-state index in [1.807, 2.05) is 11.7 Å². The summed E-state index contributed by atoms with van der Waals surface area (Å²) in [5.74, 6) is 0.889. The summed E-state index contributed by atoms with van der Waals surface area (Å²) in [5, 5.41) is 9.09. The standard InChI is InChI=1S/C17H30ClN3/c1-4-15-17(18)16(21(3)20-15)12-14(19-5-2)11-13-9-7-6-8-10-13/h13-14,19H,4-12H2,1-3H3. The van der Waals surface area contributed by atoms with Gasteiger partial charge in [0.25, 0.3) is 0 Å². The Kier molecular flexibility index (Phi) is 6.56. The monoisotopic (exact) mass is 311 g/mol. The fourth-order valence-electron chi connectivity index (χ4n) is 3.63. The van der Waals surface area contributed by atoms with Gasteiger partial charge in [0.1, 0.15) is 0 Å². The molecule has 1 aliphatic carbocycles. The number of aromatic nitrogens is 2. The molecular weight excluding hydrogens is 282 g/mol. The average molecular weight is 312 g/mol. The van der Waals surface area contributed by atoms with Crippen molar-refractivity contribution in [3.63, 3.8) is 0 Å². The Bertz CT molecular complexity index is 435. The molecule has 1 aromatic rings. The summed E-state index contributed by atoms with van der Waals surface area (Å²) in [5.41, 5.74) is 2.22. The lowest BCUT2D eigenvalue weighted by atomic mass is 9.84. The number of halogens is 1. The van der Waals surface area contributed by atoms with Gasteiger partial charge in [-0.25, -0.2) is 0 Å². The van der Waals surface area contributed by atoms with Crippen LogP contribution >= 0.6 is 11.6 Å². The first-order chi connectivity index (χ1) is 10.2. The van der Waals surface area contributed by atoms with E-state index in [1.54, 1.807) is 0 Å². The van der Waals surface area contributed by atoms with Crippen LogP contribution in [0.4, 0.5) is 0 Å². The Morgan fingerprint density at radius 1 is 1.29 bits per heavy atom. The largest absolute Gasteiger partial charge is 0.314 e. The summed E-state index contributed by atoms with van der Waals surface area (Å²) >= 11 is 6.51. The molecule has 4 heteroatoms. The predicted octanol–water partition coefficient (Wildman–Crippen LogP) is 4.13. The van der Waals surface area contributed by atoms with Crippen molar-refractivity contribution >= 4 is 11.6 Å². The molecule has 2 rings (SSSR count). The third-order valence-electron chi connectivity index (χ3n) is 4.78. The highest BCUT2D eigenvalue weighted by molar-refractivity contribution is 6.31. The van der Waals surface area contributed by atoms with E-state index in [0.717, 1.165) is 36.0 Å². The van der Waals surface area contributed by atoms with E-state index in [2.05, 4.69) is 24.3 Å². The lowest BCUT2D eigenvalue weighted by Crippen LogP contribution is -2.34. The first-order valence-electron chi connectivity index (χ1n) is 8.59. The molecule has 0 spiro atoms. The van der Waals surface area contributed by atoms with Crippen LogP contribution in [0.15, 0.2) is 0 Å². The van der Waals surface area contributed by atoms with E-state index >= 15 is 0 Å². The fraction of sp³-hybridized carbons (Fsp3) is 0.824. The van der Waals surface area contributed by atoms with E-state index < -0.39 is 0 Å². The molecule has 0 bridgehead atoms. The molecule has 0 radical (unpaired) electrons. The summed E-state index contributed by atoms with van der Waals surface area (Å²) < 4.78 is 1.98. The molecule has 1 aromatic heterocycles. The maximum Gasteiger partial charge on any atom is 0.0850 e. The smallest absolute Gasteiger partial charge is 0.0850 e. The zero-order chi connectivity index (χ0) is 15.2. The van der Waals surface area contributed by atoms with E-state index in [-0.39, 0.29) is 0 Å². The molecule has 1 unspecified atom stereocenters. The molecule has 120 valence electrons. The topological polar surface area (TPSA) is 29.9 Å². The Hall–Kier alpha value is -0.540. The normalized spacial score (nSPS) is 18.1. The van der Waals surface area contributed by atoms with E-state index in [0.29, 0.717) is 6.04 Å². The summed E-state index contributed by atoms with van der Waals surface area (Å²) in [7, 11) is 2.02. The molecule has 1 fully saturated rings. The second kappa shape index (κ2) is 8.19. The van der Waals surface area contributed by atoms with Gasteiger partial charge in [0.15, 0.2) is 0 Å². The van der Waals surface area contributed by atoms with Crippen LogP contribution in [0.5, 0.6) is 0 Å². The van der Waals surface area contributed by atoms with E-state index in [9.17, 15) is 0 Å². The van der Waals surface area contributed by atoms with Crippen LogP contribution in [0.25, 0.3) is 0 Å². The van der Waals surface area contributed by atoms with Gasteiger partial charge in [0.05, 0.1) is 16.4 Å². The minimum absolute atomic E-state index is 0.524. The van der Waals surface area contributed by atoms with Crippen molar-refractivity contribution in [3.8, 4) is 0 Å². The predicted molar refractivity (Wildman–Crippen MR) is 90.0 cm³/mol.